The molecule has 0 aliphatic heterocycles. The molecule has 0 bridgehead atoms. The van der Waals surface area contributed by atoms with E-state index in [1.165, 1.54) is 17.2 Å². The molecular formula is C20H30N2O4. The highest BCUT2D eigenvalue weighted by molar-refractivity contribution is 5.68. The minimum absolute atomic E-state index is 0.0000931. The molecule has 6 nitrogen and oxygen atoms in total. The number of hydrogen-bond acceptors (Lipinski definition) is 4. The Kier molecular flexibility index (Phi) is 8.68. The summed E-state index contributed by atoms with van der Waals surface area (Å²) in [4.78, 5) is 23.6. The molecule has 1 aromatic rings. The topological polar surface area (TPSA) is 76.7 Å². The molecule has 0 aromatic heterocycles. The summed E-state index contributed by atoms with van der Waals surface area (Å²) in [5, 5.41) is 5.50. The Morgan fingerprint density at radius 2 is 1.77 bits per heavy atom. The number of nitrogens with one attached hydrogen (secondary N) is 2. The molecule has 0 aliphatic rings. The highest BCUT2D eigenvalue weighted by Gasteiger charge is 2.18. The first-order chi connectivity index (χ1) is 12.2. The van der Waals surface area contributed by atoms with Crippen molar-refractivity contribution in [1.82, 2.24) is 10.6 Å². The molecule has 0 radical (unpaired) electrons. The Labute approximate surface area is 156 Å². The summed E-state index contributed by atoms with van der Waals surface area (Å²) in [6.45, 7) is 11.9. The second kappa shape index (κ2) is 10.5. The van der Waals surface area contributed by atoms with Gasteiger partial charge in [0.25, 0.3) is 0 Å². The second-order valence-corrected chi connectivity index (χ2v) is 7.15. The van der Waals surface area contributed by atoms with Crippen LogP contribution in [0.3, 0.4) is 0 Å². The molecule has 1 atom stereocenters. The Balaban J connectivity index is 2.65. The van der Waals surface area contributed by atoms with E-state index in [0.29, 0.717) is 19.5 Å². The maximum absolute atomic E-state index is 11.9. The number of carbonyl (C=O) groups is 2. The quantitative estimate of drug-likeness (QED) is 0.693. The van der Waals surface area contributed by atoms with Gasteiger partial charge in [0.15, 0.2) is 0 Å². The molecule has 144 valence electrons. The minimum Gasteiger partial charge on any atom is -0.445 e. The monoisotopic (exact) mass is 362 g/mol. The fourth-order valence-electron chi connectivity index (χ4n) is 2.32. The summed E-state index contributed by atoms with van der Waals surface area (Å²) in [5.74, 6) is -0.0000931. The van der Waals surface area contributed by atoms with Gasteiger partial charge in [-0.1, -0.05) is 36.9 Å². The van der Waals surface area contributed by atoms with Crippen molar-refractivity contribution in [2.45, 2.75) is 39.7 Å². The van der Waals surface area contributed by atoms with Gasteiger partial charge in [-0.05, 0) is 51.2 Å². The summed E-state index contributed by atoms with van der Waals surface area (Å²) in [7, 11) is 0. The maximum atomic E-state index is 11.9. The van der Waals surface area contributed by atoms with Crippen molar-refractivity contribution in [3.63, 3.8) is 0 Å². The fourth-order valence-corrected chi connectivity index (χ4v) is 2.32. The molecule has 2 amide bonds. The van der Waals surface area contributed by atoms with E-state index < -0.39 is 17.8 Å². The van der Waals surface area contributed by atoms with Crippen molar-refractivity contribution in [2.75, 3.05) is 19.7 Å². The van der Waals surface area contributed by atoms with E-state index >= 15 is 0 Å². The molecule has 0 heterocycles. The Morgan fingerprint density at radius 1 is 1.15 bits per heavy atom. The lowest BCUT2D eigenvalue weighted by Crippen LogP contribution is -2.40. The van der Waals surface area contributed by atoms with Crippen molar-refractivity contribution in [3.8, 4) is 0 Å². The third-order valence-corrected chi connectivity index (χ3v) is 3.57. The van der Waals surface area contributed by atoms with E-state index in [4.69, 9.17) is 9.47 Å². The van der Waals surface area contributed by atoms with Gasteiger partial charge < -0.3 is 20.1 Å². The lowest BCUT2D eigenvalue weighted by atomic mass is 9.96. The Morgan fingerprint density at radius 3 is 2.35 bits per heavy atom. The molecule has 0 spiro atoms. The number of aryl methyl sites for hydroxylation is 1. The van der Waals surface area contributed by atoms with Crippen LogP contribution in [0.15, 0.2) is 36.9 Å². The molecule has 0 fully saturated rings. The lowest BCUT2D eigenvalue weighted by Gasteiger charge is -2.22. The van der Waals surface area contributed by atoms with Crippen LogP contribution in [0.4, 0.5) is 9.59 Å². The summed E-state index contributed by atoms with van der Waals surface area (Å²) in [6.07, 6.45) is 1.25. The molecular weight excluding hydrogens is 332 g/mol. The average molecular weight is 362 g/mol. The molecule has 0 saturated carbocycles. The molecule has 26 heavy (non-hydrogen) atoms. The highest BCUT2D eigenvalue weighted by atomic mass is 16.6. The highest BCUT2D eigenvalue weighted by Crippen LogP contribution is 2.13. The van der Waals surface area contributed by atoms with Gasteiger partial charge in [0.2, 0.25) is 0 Å². The lowest BCUT2D eigenvalue weighted by molar-refractivity contribution is 0.0519. The third kappa shape index (κ3) is 9.11. The van der Waals surface area contributed by atoms with Crippen LogP contribution in [-0.4, -0.2) is 37.5 Å². The molecule has 6 heteroatoms. The van der Waals surface area contributed by atoms with Crippen LogP contribution in [0.25, 0.3) is 0 Å². The van der Waals surface area contributed by atoms with Gasteiger partial charge in [0.05, 0.1) is 0 Å². The number of carbonyl (C=O) groups excluding carboxylic acids is 2. The van der Waals surface area contributed by atoms with Crippen molar-refractivity contribution < 1.29 is 19.1 Å². The molecule has 2 N–H and O–H groups in total. The first-order valence-corrected chi connectivity index (χ1v) is 8.74. The summed E-state index contributed by atoms with van der Waals surface area (Å²) in [5.41, 5.74) is 1.79. The Hall–Kier alpha value is -2.50. The summed E-state index contributed by atoms with van der Waals surface area (Å²) < 4.78 is 10.2. The van der Waals surface area contributed by atoms with Crippen molar-refractivity contribution in [1.29, 1.82) is 0 Å². The average Bonchev–Trinajstić information content (AvgIpc) is 2.55. The zero-order valence-corrected chi connectivity index (χ0v) is 16.1. The number of rotatable bonds is 8. The van der Waals surface area contributed by atoms with Crippen molar-refractivity contribution >= 4 is 12.2 Å². The molecule has 0 saturated heterocycles. The van der Waals surface area contributed by atoms with Crippen molar-refractivity contribution in [2.24, 2.45) is 5.92 Å². The predicted molar refractivity (Wildman–Crippen MR) is 102 cm³/mol. The van der Waals surface area contributed by atoms with Gasteiger partial charge in [-0.15, -0.1) is 0 Å². The van der Waals surface area contributed by atoms with Gasteiger partial charge in [-0.25, -0.2) is 9.59 Å². The SMILES string of the molecule is C=CCOC(=O)NCC(CNC(=O)OC(C)(C)C)Cc1ccccc1C. The van der Waals surface area contributed by atoms with Crippen LogP contribution in [0.1, 0.15) is 31.9 Å². The van der Waals surface area contributed by atoms with Gasteiger partial charge in [0, 0.05) is 13.1 Å². The van der Waals surface area contributed by atoms with Crippen LogP contribution in [-0.2, 0) is 15.9 Å². The van der Waals surface area contributed by atoms with Gasteiger partial charge >= 0.3 is 12.2 Å². The van der Waals surface area contributed by atoms with E-state index in [2.05, 4.69) is 17.2 Å². The number of amides is 2. The molecule has 1 unspecified atom stereocenters. The second-order valence-electron chi connectivity index (χ2n) is 7.15. The zero-order valence-electron chi connectivity index (χ0n) is 16.1. The fraction of sp³-hybridized carbons (Fsp3) is 0.500. The van der Waals surface area contributed by atoms with Crippen LogP contribution < -0.4 is 10.6 Å². The minimum atomic E-state index is -0.553. The van der Waals surface area contributed by atoms with Crippen LogP contribution in [0.5, 0.6) is 0 Å². The van der Waals surface area contributed by atoms with E-state index in [0.717, 1.165) is 0 Å². The molecule has 1 aromatic carbocycles. The third-order valence-electron chi connectivity index (χ3n) is 3.57. The first kappa shape index (κ1) is 21.5. The van der Waals surface area contributed by atoms with Crippen LogP contribution in [0.2, 0.25) is 0 Å². The molecule has 0 aliphatic carbocycles. The van der Waals surface area contributed by atoms with Crippen LogP contribution >= 0.6 is 0 Å². The van der Waals surface area contributed by atoms with Gasteiger partial charge in [0.1, 0.15) is 12.2 Å². The summed E-state index contributed by atoms with van der Waals surface area (Å²) in [6, 6.07) is 8.05. The van der Waals surface area contributed by atoms with Gasteiger partial charge in [-0.3, -0.25) is 0 Å². The largest absolute Gasteiger partial charge is 0.445 e. The van der Waals surface area contributed by atoms with Crippen molar-refractivity contribution in [3.05, 3.63) is 48.0 Å². The predicted octanol–water partition coefficient (Wildman–Crippen LogP) is 3.59. The van der Waals surface area contributed by atoms with E-state index in [9.17, 15) is 9.59 Å². The first-order valence-electron chi connectivity index (χ1n) is 8.74. The molecule has 1 rings (SSSR count). The summed E-state index contributed by atoms with van der Waals surface area (Å²) >= 11 is 0. The Bertz CT molecular complexity index is 608. The van der Waals surface area contributed by atoms with E-state index in [1.54, 1.807) is 0 Å². The number of hydrogen-bond donors (Lipinski definition) is 2. The zero-order chi connectivity index (χ0) is 19.6. The van der Waals surface area contributed by atoms with Gasteiger partial charge in [-0.2, -0.15) is 0 Å². The normalized spacial score (nSPS) is 12.0. The smallest absolute Gasteiger partial charge is 0.407 e. The number of alkyl carbamates (subject to hydrolysis) is 2. The maximum Gasteiger partial charge on any atom is 0.407 e. The van der Waals surface area contributed by atoms with E-state index in [-0.39, 0.29) is 12.5 Å². The van der Waals surface area contributed by atoms with E-state index in [1.807, 2.05) is 52.0 Å². The number of benzene rings is 1. The number of ether oxygens (including phenoxy) is 2. The van der Waals surface area contributed by atoms with Crippen LogP contribution in [0, 0.1) is 12.8 Å². The standard InChI is InChI=1S/C20H30N2O4/c1-6-11-25-18(23)21-13-16(12-17-10-8-7-9-15(17)2)14-22-19(24)26-20(3,4)5/h6-10,16H,1,11-14H2,2-5H3,(H,21,23)(H,22,24).